The van der Waals surface area contributed by atoms with Crippen LogP contribution in [0.25, 0.3) is 10.9 Å². The van der Waals surface area contributed by atoms with Gasteiger partial charge in [-0.25, -0.2) is 0 Å². The molecular weight excluding hydrogens is 422 g/mol. The topological polar surface area (TPSA) is 94.2 Å². The van der Waals surface area contributed by atoms with Gasteiger partial charge in [-0.1, -0.05) is 18.6 Å². The van der Waals surface area contributed by atoms with Crippen LogP contribution in [0, 0.1) is 20.8 Å². The third kappa shape index (κ3) is 3.75. The lowest BCUT2D eigenvalue weighted by Crippen LogP contribution is -2.34. The smallest absolute Gasteiger partial charge is 0.252 e. The molecule has 32 heavy (non-hydrogen) atoms. The first-order valence-corrected chi connectivity index (χ1v) is 11.9. The van der Waals surface area contributed by atoms with E-state index in [-0.39, 0.29) is 11.5 Å². The summed E-state index contributed by atoms with van der Waals surface area (Å²) in [7, 11) is 0. The van der Waals surface area contributed by atoms with Gasteiger partial charge in [0.1, 0.15) is 11.0 Å². The number of rotatable bonds is 5. The number of nitrogens with zero attached hydrogens (tertiary/aromatic N) is 1. The lowest BCUT2D eigenvalue weighted by molar-refractivity contribution is -0.119. The van der Waals surface area contributed by atoms with Gasteiger partial charge in [-0.15, -0.1) is 11.3 Å². The van der Waals surface area contributed by atoms with E-state index in [4.69, 9.17) is 5.73 Å². The minimum absolute atomic E-state index is 0.204. The minimum atomic E-state index is -0.702. The third-order valence-corrected chi connectivity index (χ3v) is 7.55. The molecule has 168 valence electrons. The van der Waals surface area contributed by atoms with Crippen LogP contribution < -0.4 is 16.6 Å². The number of thiophene rings is 1. The number of hydrogen-bond acceptors (Lipinski definition) is 4. The fourth-order valence-electron chi connectivity index (χ4n) is 4.93. The predicted octanol–water partition coefficient (Wildman–Crippen LogP) is 4.56. The lowest BCUT2D eigenvalue weighted by Gasteiger charge is -2.22. The summed E-state index contributed by atoms with van der Waals surface area (Å²) in [6, 6.07) is 4.97. The molecule has 0 aliphatic heterocycles. The molecular formula is C25H29N3O3S. The Labute approximate surface area is 191 Å². The molecule has 0 bridgehead atoms. The molecule has 1 unspecified atom stereocenters. The number of aryl methyl sites for hydroxylation is 4. The highest BCUT2D eigenvalue weighted by Crippen LogP contribution is 2.38. The Morgan fingerprint density at radius 1 is 1.12 bits per heavy atom. The molecule has 0 fully saturated rings. The summed E-state index contributed by atoms with van der Waals surface area (Å²) in [4.78, 5) is 39.9. The van der Waals surface area contributed by atoms with Crippen LogP contribution in [0.1, 0.15) is 69.7 Å². The van der Waals surface area contributed by atoms with Crippen molar-refractivity contribution in [3.8, 4) is 0 Å². The lowest BCUT2D eigenvalue weighted by atomic mass is 9.95. The molecule has 1 aliphatic carbocycles. The Kier molecular flexibility index (Phi) is 5.95. The van der Waals surface area contributed by atoms with Crippen LogP contribution in [0.3, 0.4) is 0 Å². The second-order valence-corrected chi connectivity index (χ2v) is 9.81. The molecule has 6 nitrogen and oxygen atoms in total. The quantitative estimate of drug-likeness (QED) is 0.596. The molecule has 3 aromatic rings. The predicted molar refractivity (Wildman–Crippen MR) is 130 cm³/mol. The molecule has 4 rings (SSSR count). The zero-order valence-corrected chi connectivity index (χ0v) is 19.8. The van der Waals surface area contributed by atoms with Crippen LogP contribution in [0.15, 0.2) is 23.0 Å². The fourth-order valence-corrected chi connectivity index (χ4v) is 6.23. The van der Waals surface area contributed by atoms with E-state index in [9.17, 15) is 14.4 Å². The highest BCUT2D eigenvalue weighted by molar-refractivity contribution is 7.17. The molecule has 2 aromatic heterocycles. The van der Waals surface area contributed by atoms with Crippen LogP contribution in [0.2, 0.25) is 0 Å². The molecule has 2 amide bonds. The Morgan fingerprint density at radius 2 is 1.84 bits per heavy atom. The van der Waals surface area contributed by atoms with Gasteiger partial charge in [-0.2, -0.15) is 0 Å². The summed E-state index contributed by atoms with van der Waals surface area (Å²) in [6.45, 7) is 7.80. The molecule has 1 aromatic carbocycles. The first kappa shape index (κ1) is 22.3. The number of primary amides is 1. The number of hydrogen-bond donors (Lipinski definition) is 2. The van der Waals surface area contributed by atoms with Crippen molar-refractivity contribution in [2.45, 2.75) is 65.8 Å². The molecule has 0 radical (unpaired) electrons. The number of benzene rings is 1. The average molecular weight is 452 g/mol. The summed E-state index contributed by atoms with van der Waals surface area (Å²) >= 11 is 1.44. The zero-order valence-electron chi connectivity index (χ0n) is 19.0. The number of carbonyl (C=O) groups is 2. The second-order valence-electron chi connectivity index (χ2n) is 8.71. The summed E-state index contributed by atoms with van der Waals surface area (Å²) in [5.41, 5.74) is 10.6. The van der Waals surface area contributed by atoms with Gasteiger partial charge in [0, 0.05) is 16.3 Å². The second kappa shape index (κ2) is 8.54. The minimum Gasteiger partial charge on any atom is -0.365 e. The molecule has 0 saturated heterocycles. The van der Waals surface area contributed by atoms with Gasteiger partial charge in [0.25, 0.3) is 11.5 Å². The number of aromatic nitrogens is 1. The van der Waals surface area contributed by atoms with E-state index in [1.807, 2.05) is 33.8 Å². The fraction of sp³-hybridized carbons (Fsp3) is 0.400. The van der Waals surface area contributed by atoms with Crippen molar-refractivity contribution in [3.63, 3.8) is 0 Å². The van der Waals surface area contributed by atoms with E-state index >= 15 is 0 Å². The maximum Gasteiger partial charge on any atom is 0.252 e. The van der Waals surface area contributed by atoms with Crippen molar-refractivity contribution in [1.82, 2.24) is 4.57 Å². The van der Waals surface area contributed by atoms with Gasteiger partial charge in [-0.3, -0.25) is 19.0 Å². The van der Waals surface area contributed by atoms with E-state index in [2.05, 4.69) is 11.4 Å². The Morgan fingerprint density at radius 3 is 2.53 bits per heavy atom. The molecule has 0 spiro atoms. The largest absolute Gasteiger partial charge is 0.365 e. The first-order valence-electron chi connectivity index (χ1n) is 11.1. The monoisotopic (exact) mass is 451 g/mol. The Bertz CT molecular complexity index is 1300. The van der Waals surface area contributed by atoms with Crippen molar-refractivity contribution in [2.24, 2.45) is 5.73 Å². The number of pyridine rings is 1. The Balaban J connectivity index is 1.81. The molecule has 1 atom stereocenters. The maximum absolute atomic E-state index is 13.5. The highest BCUT2D eigenvalue weighted by atomic mass is 32.1. The number of fused-ring (bicyclic) bond motifs is 2. The van der Waals surface area contributed by atoms with E-state index < -0.39 is 11.9 Å². The standard InChI is InChI=1S/C25H29N3O3S/c1-5-18(28-20(29)12-14(3)17-11-13(2)10-15(4)22(17)28)24(31)27-25-21(23(26)30)16-8-6-7-9-19(16)32-25/h10-12,18H,5-9H2,1-4H3,(H2,26,30)(H,27,31). The number of nitrogens with one attached hydrogen (secondary N) is 1. The van der Waals surface area contributed by atoms with Crippen molar-refractivity contribution < 1.29 is 9.59 Å². The summed E-state index contributed by atoms with van der Waals surface area (Å²) in [5.74, 6) is -0.821. The third-order valence-electron chi connectivity index (χ3n) is 6.34. The van der Waals surface area contributed by atoms with Gasteiger partial charge in [0.2, 0.25) is 5.91 Å². The van der Waals surface area contributed by atoms with Gasteiger partial charge in [-0.05, 0) is 75.6 Å². The SMILES string of the molecule is CCC(C(=O)Nc1sc2c(c1C(N)=O)CCCC2)n1c(=O)cc(C)c2cc(C)cc(C)c21. The highest BCUT2D eigenvalue weighted by Gasteiger charge is 2.28. The van der Waals surface area contributed by atoms with E-state index in [0.29, 0.717) is 17.0 Å². The summed E-state index contributed by atoms with van der Waals surface area (Å²) < 4.78 is 1.60. The van der Waals surface area contributed by atoms with Crippen LogP contribution in [0.5, 0.6) is 0 Å². The summed E-state index contributed by atoms with van der Waals surface area (Å²) in [5, 5.41) is 4.43. The molecule has 0 saturated carbocycles. The van der Waals surface area contributed by atoms with Crippen LogP contribution >= 0.6 is 11.3 Å². The van der Waals surface area contributed by atoms with E-state index in [1.165, 1.54) is 11.3 Å². The zero-order chi connectivity index (χ0) is 23.2. The van der Waals surface area contributed by atoms with Crippen LogP contribution in [-0.4, -0.2) is 16.4 Å². The van der Waals surface area contributed by atoms with Gasteiger partial charge in [0.15, 0.2) is 0 Å². The number of amides is 2. The normalized spacial score (nSPS) is 14.2. The van der Waals surface area contributed by atoms with Gasteiger partial charge < -0.3 is 11.1 Å². The van der Waals surface area contributed by atoms with Crippen molar-refractivity contribution in [1.29, 1.82) is 0 Å². The molecule has 1 aliphatic rings. The first-order chi connectivity index (χ1) is 15.2. The number of carbonyl (C=O) groups excluding carboxylic acids is 2. The number of nitrogens with two attached hydrogens (primary N) is 1. The van der Waals surface area contributed by atoms with Crippen LogP contribution in [0.4, 0.5) is 5.00 Å². The van der Waals surface area contributed by atoms with E-state index in [0.717, 1.165) is 63.7 Å². The molecule has 3 N–H and O–H groups in total. The van der Waals surface area contributed by atoms with Crippen molar-refractivity contribution in [2.75, 3.05) is 5.32 Å². The molecule has 7 heteroatoms. The van der Waals surface area contributed by atoms with E-state index in [1.54, 1.807) is 10.6 Å². The Hall–Kier alpha value is -2.93. The molecule has 2 heterocycles. The maximum atomic E-state index is 13.5. The van der Waals surface area contributed by atoms with Gasteiger partial charge in [0.05, 0.1) is 11.1 Å². The van der Waals surface area contributed by atoms with Gasteiger partial charge >= 0.3 is 0 Å². The van der Waals surface area contributed by atoms with Crippen LogP contribution in [-0.2, 0) is 17.6 Å². The number of anilines is 1. The summed E-state index contributed by atoms with van der Waals surface area (Å²) in [6.07, 6.45) is 4.22. The average Bonchev–Trinajstić information content (AvgIpc) is 3.09. The van der Waals surface area contributed by atoms with Crippen molar-refractivity contribution >= 4 is 39.1 Å². The van der Waals surface area contributed by atoms with Crippen molar-refractivity contribution in [3.05, 3.63) is 61.2 Å².